The summed E-state index contributed by atoms with van der Waals surface area (Å²) in [4.78, 5) is 18.7. The van der Waals surface area contributed by atoms with E-state index in [4.69, 9.17) is 11.6 Å². The molecule has 1 aromatic heterocycles. The average Bonchev–Trinajstić information content (AvgIpc) is 2.96. The summed E-state index contributed by atoms with van der Waals surface area (Å²) in [5.41, 5.74) is 2.11. The minimum absolute atomic E-state index is 0.123. The zero-order valence-electron chi connectivity index (χ0n) is 14.2. The van der Waals surface area contributed by atoms with Gasteiger partial charge in [0.15, 0.2) is 0 Å². The standard InChI is InChI=1S/C19H19ClFN3O/c1-3-18-22-16-9-4-5-10-17(16)24(18)12-19(25)23(2)11-13-14(20)7-6-8-15(13)21/h4-10H,3,11-12H2,1-2H3. The van der Waals surface area contributed by atoms with E-state index in [1.807, 2.05) is 35.8 Å². The van der Waals surface area contributed by atoms with Crippen LogP contribution in [0.3, 0.4) is 0 Å². The van der Waals surface area contributed by atoms with E-state index in [0.29, 0.717) is 10.6 Å². The molecule has 1 heterocycles. The van der Waals surface area contributed by atoms with Crippen molar-refractivity contribution in [1.82, 2.24) is 14.5 Å². The molecule has 25 heavy (non-hydrogen) atoms. The van der Waals surface area contributed by atoms with Gasteiger partial charge in [-0.15, -0.1) is 0 Å². The van der Waals surface area contributed by atoms with E-state index in [1.165, 1.54) is 11.0 Å². The number of halogens is 2. The molecule has 3 aromatic rings. The second-order valence-electron chi connectivity index (χ2n) is 5.91. The van der Waals surface area contributed by atoms with Crippen molar-refractivity contribution in [3.63, 3.8) is 0 Å². The molecular weight excluding hydrogens is 341 g/mol. The Morgan fingerprint density at radius 2 is 2.00 bits per heavy atom. The smallest absolute Gasteiger partial charge is 0.242 e. The molecule has 6 heteroatoms. The molecule has 1 amide bonds. The molecule has 2 aromatic carbocycles. The third-order valence-electron chi connectivity index (χ3n) is 4.23. The van der Waals surface area contributed by atoms with Gasteiger partial charge in [0, 0.05) is 30.6 Å². The summed E-state index contributed by atoms with van der Waals surface area (Å²) < 4.78 is 15.9. The Labute approximate surface area is 150 Å². The molecule has 4 nitrogen and oxygen atoms in total. The van der Waals surface area contributed by atoms with Gasteiger partial charge in [-0.25, -0.2) is 9.37 Å². The van der Waals surface area contributed by atoms with Crippen molar-refractivity contribution in [2.45, 2.75) is 26.4 Å². The van der Waals surface area contributed by atoms with Crippen molar-refractivity contribution >= 4 is 28.5 Å². The number of para-hydroxylation sites is 2. The summed E-state index contributed by atoms with van der Waals surface area (Å²) in [5.74, 6) is 0.318. The molecule has 0 fully saturated rings. The number of amides is 1. The molecular formula is C19H19ClFN3O. The van der Waals surface area contributed by atoms with Crippen LogP contribution in [0.15, 0.2) is 42.5 Å². The second kappa shape index (κ2) is 7.23. The molecule has 0 radical (unpaired) electrons. The third-order valence-corrected chi connectivity index (χ3v) is 4.58. The number of nitrogens with zero attached hydrogens (tertiary/aromatic N) is 3. The number of aryl methyl sites for hydroxylation is 1. The maximum atomic E-state index is 13.9. The first-order valence-corrected chi connectivity index (χ1v) is 8.50. The average molecular weight is 360 g/mol. The van der Waals surface area contributed by atoms with Gasteiger partial charge in [-0.05, 0) is 24.3 Å². The monoisotopic (exact) mass is 359 g/mol. The van der Waals surface area contributed by atoms with Gasteiger partial charge in [-0.3, -0.25) is 4.79 Å². The van der Waals surface area contributed by atoms with Gasteiger partial charge in [0.1, 0.15) is 18.2 Å². The summed E-state index contributed by atoms with van der Waals surface area (Å²) in [5, 5.41) is 0.321. The number of fused-ring (bicyclic) bond motifs is 1. The van der Waals surface area contributed by atoms with Crippen LogP contribution in [0.2, 0.25) is 5.02 Å². The Morgan fingerprint density at radius 1 is 1.24 bits per heavy atom. The number of imidazole rings is 1. The van der Waals surface area contributed by atoms with Crippen LogP contribution in [-0.2, 0) is 24.3 Å². The Hall–Kier alpha value is -2.40. The lowest BCUT2D eigenvalue weighted by molar-refractivity contribution is -0.131. The number of carbonyl (C=O) groups excluding carboxylic acids is 1. The molecule has 0 aliphatic carbocycles. The predicted octanol–water partition coefficient (Wildman–Crippen LogP) is 4.05. The van der Waals surface area contributed by atoms with Gasteiger partial charge in [-0.1, -0.05) is 36.7 Å². The molecule has 0 bridgehead atoms. The number of hydrogen-bond acceptors (Lipinski definition) is 2. The number of likely N-dealkylation sites (N-methyl/N-ethyl adjacent to an activating group) is 1. The van der Waals surface area contributed by atoms with Gasteiger partial charge in [0.25, 0.3) is 0 Å². The Morgan fingerprint density at radius 3 is 2.72 bits per heavy atom. The van der Waals surface area contributed by atoms with E-state index in [9.17, 15) is 9.18 Å². The molecule has 130 valence electrons. The predicted molar refractivity (Wildman–Crippen MR) is 97.0 cm³/mol. The molecule has 0 aliphatic rings. The van der Waals surface area contributed by atoms with Crippen LogP contribution >= 0.6 is 11.6 Å². The Bertz CT molecular complexity index is 902. The fourth-order valence-corrected chi connectivity index (χ4v) is 3.06. The highest BCUT2D eigenvalue weighted by Crippen LogP contribution is 2.21. The Balaban J connectivity index is 1.83. The molecule has 0 saturated heterocycles. The van der Waals surface area contributed by atoms with Gasteiger partial charge in [0.05, 0.1) is 11.0 Å². The molecule has 0 saturated carbocycles. The van der Waals surface area contributed by atoms with Crippen LogP contribution in [0.25, 0.3) is 11.0 Å². The topological polar surface area (TPSA) is 38.1 Å². The third kappa shape index (κ3) is 3.51. The molecule has 0 spiro atoms. The molecule has 0 N–H and O–H groups in total. The van der Waals surface area contributed by atoms with Crippen LogP contribution in [0.4, 0.5) is 4.39 Å². The molecule has 0 atom stereocenters. The van der Waals surface area contributed by atoms with Crippen molar-refractivity contribution in [3.8, 4) is 0 Å². The highest BCUT2D eigenvalue weighted by atomic mass is 35.5. The summed E-state index contributed by atoms with van der Waals surface area (Å²) in [6, 6.07) is 12.2. The minimum Gasteiger partial charge on any atom is -0.340 e. The van der Waals surface area contributed by atoms with Gasteiger partial charge in [-0.2, -0.15) is 0 Å². The SMILES string of the molecule is CCc1nc2ccccc2n1CC(=O)N(C)Cc1c(F)cccc1Cl. The summed E-state index contributed by atoms with van der Waals surface area (Å²) in [6.45, 7) is 2.29. The molecule has 3 rings (SSSR count). The number of benzene rings is 2. The summed E-state index contributed by atoms with van der Waals surface area (Å²) in [7, 11) is 1.65. The van der Waals surface area contributed by atoms with E-state index in [-0.39, 0.29) is 19.0 Å². The first kappa shape index (κ1) is 17.4. The van der Waals surface area contributed by atoms with E-state index >= 15 is 0 Å². The normalized spacial score (nSPS) is 11.0. The van der Waals surface area contributed by atoms with Gasteiger partial charge in [0.2, 0.25) is 5.91 Å². The number of hydrogen-bond donors (Lipinski definition) is 0. The fraction of sp³-hybridized carbons (Fsp3) is 0.263. The zero-order valence-corrected chi connectivity index (χ0v) is 14.9. The van der Waals surface area contributed by atoms with Crippen LogP contribution in [0.1, 0.15) is 18.3 Å². The molecule has 0 unspecified atom stereocenters. The molecule has 0 aliphatic heterocycles. The van der Waals surface area contributed by atoms with Crippen LogP contribution in [0.5, 0.6) is 0 Å². The quantitative estimate of drug-likeness (QED) is 0.689. The van der Waals surface area contributed by atoms with Crippen molar-refractivity contribution in [2.75, 3.05) is 7.05 Å². The Kier molecular flexibility index (Phi) is 5.04. The van der Waals surface area contributed by atoms with Crippen LogP contribution in [-0.4, -0.2) is 27.4 Å². The van der Waals surface area contributed by atoms with Crippen molar-refractivity contribution < 1.29 is 9.18 Å². The van der Waals surface area contributed by atoms with E-state index in [2.05, 4.69) is 4.98 Å². The van der Waals surface area contributed by atoms with Gasteiger partial charge >= 0.3 is 0 Å². The minimum atomic E-state index is -0.408. The maximum Gasteiger partial charge on any atom is 0.242 e. The summed E-state index contributed by atoms with van der Waals surface area (Å²) in [6.07, 6.45) is 0.727. The van der Waals surface area contributed by atoms with E-state index < -0.39 is 5.82 Å². The van der Waals surface area contributed by atoms with Crippen molar-refractivity contribution in [2.24, 2.45) is 0 Å². The van der Waals surface area contributed by atoms with Gasteiger partial charge < -0.3 is 9.47 Å². The van der Waals surface area contributed by atoms with Crippen molar-refractivity contribution in [1.29, 1.82) is 0 Å². The largest absolute Gasteiger partial charge is 0.340 e. The highest BCUT2D eigenvalue weighted by molar-refractivity contribution is 6.31. The lowest BCUT2D eigenvalue weighted by Gasteiger charge is -2.19. The van der Waals surface area contributed by atoms with E-state index in [0.717, 1.165) is 23.3 Å². The first-order chi connectivity index (χ1) is 12.0. The first-order valence-electron chi connectivity index (χ1n) is 8.12. The lowest BCUT2D eigenvalue weighted by atomic mass is 10.2. The number of aromatic nitrogens is 2. The van der Waals surface area contributed by atoms with Crippen LogP contribution < -0.4 is 0 Å². The summed E-state index contributed by atoms with van der Waals surface area (Å²) >= 11 is 6.05. The van der Waals surface area contributed by atoms with Crippen molar-refractivity contribution in [3.05, 3.63) is 64.7 Å². The fourth-order valence-electron chi connectivity index (χ4n) is 2.84. The highest BCUT2D eigenvalue weighted by Gasteiger charge is 2.17. The second-order valence-corrected chi connectivity index (χ2v) is 6.31. The number of carbonyl (C=O) groups is 1. The lowest BCUT2D eigenvalue weighted by Crippen LogP contribution is -2.30. The number of rotatable bonds is 5. The maximum absolute atomic E-state index is 13.9. The zero-order chi connectivity index (χ0) is 18.0. The van der Waals surface area contributed by atoms with E-state index in [1.54, 1.807) is 19.2 Å². The van der Waals surface area contributed by atoms with Crippen LogP contribution in [0, 0.1) is 5.82 Å².